The maximum absolute atomic E-state index is 12.8. The molecule has 192 valence electrons. The molecule has 0 unspecified atom stereocenters. The number of ether oxygens (including phenoxy) is 1. The number of aliphatic hydroxyl groups excluding tert-OH is 1. The molecule has 2 aromatic heterocycles. The third-order valence-electron chi connectivity index (χ3n) is 6.41. The van der Waals surface area contributed by atoms with Crippen molar-refractivity contribution in [1.82, 2.24) is 24.9 Å². The number of alkyl halides is 1. The van der Waals surface area contributed by atoms with Gasteiger partial charge in [-0.1, -0.05) is 49.6 Å². The van der Waals surface area contributed by atoms with Crippen molar-refractivity contribution < 1.29 is 14.6 Å². The van der Waals surface area contributed by atoms with Gasteiger partial charge in [0, 0.05) is 17.5 Å². The van der Waals surface area contributed by atoms with Crippen molar-refractivity contribution in [2.45, 2.75) is 63.5 Å². The molecule has 0 spiro atoms. The number of hydrogen-bond donors (Lipinski definition) is 3. The molecule has 0 radical (unpaired) electrons. The van der Waals surface area contributed by atoms with Crippen LogP contribution in [0.1, 0.15) is 62.9 Å². The van der Waals surface area contributed by atoms with Gasteiger partial charge in [-0.3, -0.25) is 9.59 Å². The Hall–Kier alpha value is -3.17. The van der Waals surface area contributed by atoms with E-state index in [0.717, 1.165) is 50.5 Å². The second-order valence-corrected chi connectivity index (χ2v) is 9.48. The Kier molecular flexibility index (Phi) is 8.77. The van der Waals surface area contributed by atoms with Gasteiger partial charge in [0.1, 0.15) is 12.4 Å². The van der Waals surface area contributed by atoms with Crippen LogP contribution in [-0.4, -0.2) is 48.6 Å². The molecule has 3 N–H and O–H groups in total. The minimum absolute atomic E-state index is 0.00355. The van der Waals surface area contributed by atoms with Crippen molar-refractivity contribution in [1.29, 1.82) is 0 Å². The normalized spacial score (nSPS) is 17.9. The Bertz CT molecular complexity index is 1250. The van der Waals surface area contributed by atoms with Crippen LogP contribution >= 0.6 is 11.6 Å². The predicted octanol–water partition coefficient (Wildman–Crippen LogP) is 3.55. The number of amides is 1. The van der Waals surface area contributed by atoms with Gasteiger partial charge in [-0.2, -0.15) is 9.50 Å². The second kappa shape index (κ2) is 12.2. The van der Waals surface area contributed by atoms with E-state index >= 15 is 0 Å². The molecular weight excluding hydrogens is 482 g/mol. The molecule has 2 aromatic rings. The number of aromatic nitrogens is 4. The monoisotopic (exact) mass is 513 g/mol. The first-order chi connectivity index (χ1) is 17.5. The maximum Gasteiger partial charge on any atom is 0.276 e. The number of halogens is 1. The predicted molar refractivity (Wildman–Crippen MR) is 138 cm³/mol. The van der Waals surface area contributed by atoms with Crippen LogP contribution in [0.4, 0.5) is 0 Å². The van der Waals surface area contributed by atoms with Crippen molar-refractivity contribution >= 4 is 28.9 Å². The van der Waals surface area contributed by atoms with E-state index in [1.165, 1.54) is 10.6 Å². The summed E-state index contributed by atoms with van der Waals surface area (Å²) in [5.41, 5.74) is 0.494. The Morgan fingerprint density at radius 3 is 2.86 bits per heavy atom. The van der Waals surface area contributed by atoms with Crippen LogP contribution < -0.4 is 10.9 Å². The third-order valence-corrected chi connectivity index (χ3v) is 6.59. The van der Waals surface area contributed by atoms with E-state index in [1.807, 2.05) is 12.2 Å². The van der Waals surface area contributed by atoms with Gasteiger partial charge in [-0.25, -0.2) is 0 Å². The lowest BCUT2D eigenvalue weighted by atomic mass is 9.82. The molecule has 2 aliphatic rings. The molecule has 2 heterocycles. The van der Waals surface area contributed by atoms with E-state index in [0.29, 0.717) is 28.9 Å². The molecular formula is C26H32ClN5O4. The van der Waals surface area contributed by atoms with Crippen LogP contribution in [0.3, 0.4) is 0 Å². The van der Waals surface area contributed by atoms with Crippen molar-refractivity contribution in [2.75, 3.05) is 12.5 Å². The van der Waals surface area contributed by atoms with Gasteiger partial charge in [0.05, 0.1) is 24.3 Å². The fourth-order valence-electron chi connectivity index (χ4n) is 4.52. The number of aromatic amines is 1. The molecule has 0 saturated heterocycles. The number of aliphatic hydroxyl groups is 1. The van der Waals surface area contributed by atoms with Crippen LogP contribution in [0.2, 0.25) is 0 Å². The lowest BCUT2D eigenvalue weighted by Gasteiger charge is -2.36. The molecule has 2 aliphatic carbocycles. The van der Waals surface area contributed by atoms with Crippen LogP contribution in [0.25, 0.3) is 11.4 Å². The number of hydrogen-bond acceptors (Lipinski definition) is 6. The number of carbonyl (C=O) groups is 1. The zero-order valence-electron chi connectivity index (χ0n) is 20.2. The number of allylic oxidation sites excluding steroid dienone is 7. The fourth-order valence-corrected chi connectivity index (χ4v) is 4.62. The first-order valence-electron chi connectivity index (χ1n) is 12.3. The summed E-state index contributed by atoms with van der Waals surface area (Å²) in [7, 11) is 0. The summed E-state index contributed by atoms with van der Waals surface area (Å²) in [6, 6.07) is 1.41. The summed E-state index contributed by atoms with van der Waals surface area (Å²) < 4.78 is 7.15. The molecule has 1 saturated carbocycles. The largest absolute Gasteiger partial charge is 0.491 e. The van der Waals surface area contributed by atoms with Crippen molar-refractivity contribution in [2.24, 2.45) is 0 Å². The van der Waals surface area contributed by atoms with Gasteiger partial charge in [-0.15, -0.1) is 16.7 Å². The van der Waals surface area contributed by atoms with Crippen molar-refractivity contribution in [3.8, 4) is 0 Å². The first kappa shape index (κ1) is 25.9. The van der Waals surface area contributed by atoms with Gasteiger partial charge in [0.2, 0.25) is 11.7 Å². The number of nitrogens with one attached hydrogen (secondary N) is 2. The van der Waals surface area contributed by atoms with E-state index < -0.39 is 5.54 Å². The van der Waals surface area contributed by atoms with Gasteiger partial charge < -0.3 is 20.1 Å². The van der Waals surface area contributed by atoms with Crippen LogP contribution in [0.15, 0.2) is 53.1 Å². The fraction of sp³-hybridized carbons (Fsp3) is 0.462. The van der Waals surface area contributed by atoms with E-state index in [4.69, 9.17) is 16.3 Å². The average molecular weight is 514 g/mol. The smallest absolute Gasteiger partial charge is 0.276 e. The molecule has 10 heteroatoms. The SMILES string of the molecule is O=C(C/C(=C\C=C/CCl)OCc1cc(=O)n2nc(C3=CCCC=C3)nc2[nH]1)NC1(CO)CCCCC1. The summed E-state index contributed by atoms with van der Waals surface area (Å²) >= 11 is 5.73. The molecule has 0 aromatic carbocycles. The Morgan fingerprint density at radius 2 is 2.14 bits per heavy atom. The molecule has 0 aliphatic heterocycles. The van der Waals surface area contributed by atoms with E-state index in [-0.39, 0.29) is 31.1 Å². The van der Waals surface area contributed by atoms with E-state index in [1.54, 1.807) is 18.2 Å². The van der Waals surface area contributed by atoms with E-state index in [9.17, 15) is 14.7 Å². The standard InChI is InChI=1S/C26H32ClN5O4/c27-14-8-5-11-21(16-22(34)30-26(18-33)12-6-2-7-13-26)36-17-20-15-23(35)32-25(28-20)29-24(31-32)19-9-3-1-4-10-19/h3,5,8-11,15,33H,1-2,4,6-7,12-14,16-18H2,(H,30,34)(H,28,29,31)/b8-5-,21-11+. The Balaban J connectivity index is 1.46. The summed E-state index contributed by atoms with van der Waals surface area (Å²) in [6.07, 6.45) is 17.7. The number of nitrogens with zero attached hydrogens (tertiary/aromatic N) is 3. The topological polar surface area (TPSA) is 122 Å². The summed E-state index contributed by atoms with van der Waals surface area (Å²) in [5, 5.41) is 17.3. The van der Waals surface area contributed by atoms with Gasteiger partial charge >= 0.3 is 0 Å². The number of carbonyl (C=O) groups excluding carboxylic acids is 1. The minimum Gasteiger partial charge on any atom is -0.491 e. The minimum atomic E-state index is -0.572. The summed E-state index contributed by atoms with van der Waals surface area (Å²) in [5.74, 6) is 1.33. The number of fused-ring (bicyclic) bond motifs is 1. The highest BCUT2D eigenvalue weighted by molar-refractivity contribution is 6.18. The van der Waals surface area contributed by atoms with Crippen molar-refractivity contribution in [3.05, 3.63) is 70.2 Å². The lowest BCUT2D eigenvalue weighted by Crippen LogP contribution is -2.52. The first-order valence-corrected chi connectivity index (χ1v) is 12.9. The molecule has 9 nitrogen and oxygen atoms in total. The number of H-pyrrole nitrogens is 1. The van der Waals surface area contributed by atoms with E-state index in [2.05, 4.69) is 26.5 Å². The molecule has 1 fully saturated rings. The zero-order chi connectivity index (χ0) is 25.4. The molecule has 0 bridgehead atoms. The van der Waals surface area contributed by atoms with Crippen LogP contribution in [0, 0.1) is 0 Å². The quantitative estimate of drug-likeness (QED) is 0.254. The molecule has 36 heavy (non-hydrogen) atoms. The second-order valence-electron chi connectivity index (χ2n) is 9.17. The zero-order valence-corrected chi connectivity index (χ0v) is 21.0. The molecule has 4 rings (SSSR count). The highest BCUT2D eigenvalue weighted by atomic mass is 35.5. The Morgan fingerprint density at radius 1 is 1.31 bits per heavy atom. The summed E-state index contributed by atoms with van der Waals surface area (Å²) in [4.78, 5) is 33.0. The lowest BCUT2D eigenvalue weighted by molar-refractivity contribution is -0.124. The van der Waals surface area contributed by atoms with Crippen LogP contribution in [0.5, 0.6) is 0 Å². The number of rotatable bonds is 10. The molecule has 1 amide bonds. The van der Waals surface area contributed by atoms with Crippen LogP contribution in [-0.2, 0) is 16.1 Å². The summed E-state index contributed by atoms with van der Waals surface area (Å²) in [6.45, 7) is -0.0470. The van der Waals surface area contributed by atoms with Gasteiger partial charge in [-0.05, 0) is 31.8 Å². The average Bonchev–Trinajstić information content (AvgIpc) is 3.33. The van der Waals surface area contributed by atoms with Gasteiger partial charge in [0.15, 0.2) is 5.82 Å². The third kappa shape index (κ3) is 6.53. The highest BCUT2D eigenvalue weighted by Gasteiger charge is 2.33. The Labute approximate surface area is 214 Å². The van der Waals surface area contributed by atoms with Gasteiger partial charge in [0.25, 0.3) is 5.56 Å². The molecule has 0 atom stereocenters. The van der Waals surface area contributed by atoms with Crippen molar-refractivity contribution in [3.63, 3.8) is 0 Å². The maximum atomic E-state index is 12.8. The highest BCUT2D eigenvalue weighted by Crippen LogP contribution is 2.28.